The zero-order valence-corrected chi connectivity index (χ0v) is 13.7. The fourth-order valence-corrected chi connectivity index (χ4v) is 2.34. The van der Waals surface area contributed by atoms with E-state index in [2.05, 4.69) is 5.32 Å². The van der Waals surface area contributed by atoms with Gasteiger partial charge >= 0.3 is 12.1 Å². The number of methoxy groups -OCH3 is 1. The Bertz CT molecular complexity index is 788. The lowest BCUT2D eigenvalue weighted by Gasteiger charge is -2.16. The van der Waals surface area contributed by atoms with Crippen molar-refractivity contribution in [2.24, 2.45) is 0 Å². The Morgan fingerprint density at radius 3 is 2.27 bits per heavy atom. The molecule has 2 rings (SSSR count). The van der Waals surface area contributed by atoms with Crippen LogP contribution in [0.5, 0.6) is 5.75 Å². The quantitative estimate of drug-likeness (QED) is 0.823. The minimum absolute atomic E-state index is 0.0360. The molecule has 26 heavy (non-hydrogen) atoms. The van der Waals surface area contributed by atoms with Crippen LogP contribution in [0.2, 0.25) is 0 Å². The number of amides is 1. The summed E-state index contributed by atoms with van der Waals surface area (Å²) in [6.45, 7) is 0. The first kappa shape index (κ1) is 19.3. The molecule has 0 fully saturated rings. The third-order valence-electron chi connectivity index (χ3n) is 3.69. The number of carboxylic acids is 1. The molecule has 2 aromatic rings. The first-order valence-corrected chi connectivity index (χ1v) is 7.55. The first-order chi connectivity index (χ1) is 12.2. The Hall–Kier alpha value is -3.03. The fraction of sp³-hybridized carbons (Fsp3) is 0.222. The summed E-state index contributed by atoms with van der Waals surface area (Å²) in [5.41, 5.74) is -0.378. The van der Waals surface area contributed by atoms with Gasteiger partial charge < -0.3 is 15.2 Å². The van der Waals surface area contributed by atoms with Crippen LogP contribution in [0.3, 0.4) is 0 Å². The summed E-state index contributed by atoms with van der Waals surface area (Å²) >= 11 is 0. The van der Waals surface area contributed by atoms with E-state index in [1.165, 1.54) is 7.11 Å². The maximum absolute atomic E-state index is 12.6. The summed E-state index contributed by atoms with van der Waals surface area (Å²) in [6, 6.07) is 9.02. The average Bonchev–Trinajstić information content (AvgIpc) is 2.60. The van der Waals surface area contributed by atoms with Gasteiger partial charge in [-0.05, 0) is 35.9 Å². The van der Waals surface area contributed by atoms with Crippen molar-refractivity contribution in [3.8, 4) is 5.75 Å². The first-order valence-electron chi connectivity index (χ1n) is 7.55. The summed E-state index contributed by atoms with van der Waals surface area (Å²) in [5, 5.41) is 11.7. The Kier molecular flexibility index (Phi) is 5.86. The zero-order valence-electron chi connectivity index (χ0n) is 13.7. The monoisotopic (exact) mass is 367 g/mol. The second-order valence-electron chi connectivity index (χ2n) is 5.46. The molecule has 0 aliphatic carbocycles. The van der Waals surface area contributed by atoms with Gasteiger partial charge in [0.2, 0.25) is 0 Å². The number of hydrogen-bond acceptors (Lipinski definition) is 3. The molecule has 2 N–H and O–H groups in total. The highest BCUT2D eigenvalue weighted by molar-refractivity contribution is 5.96. The Balaban J connectivity index is 2.14. The van der Waals surface area contributed by atoms with Gasteiger partial charge in [-0.15, -0.1) is 0 Å². The van der Waals surface area contributed by atoms with Gasteiger partial charge in [-0.1, -0.05) is 18.2 Å². The number of ether oxygens (including phenoxy) is 1. The molecule has 0 heterocycles. The molecule has 0 saturated heterocycles. The minimum atomic E-state index is -4.51. The molecule has 0 spiro atoms. The van der Waals surface area contributed by atoms with Crippen molar-refractivity contribution >= 4 is 11.9 Å². The molecule has 8 heteroatoms. The van der Waals surface area contributed by atoms with Gasteiger partial charge in [0.15, 0.2) is 0 Å². The number of hydrogen-bond donors (Lipinski definition) is 2. The number of carbonyl (C=O) groups excluding carboxylic acids is 1. The lowest BCUT2D eigenvalue weighted by atomic mass is 10.0. The summed E-state index contributed by atoms with van der Waals surface area (Å²) in [5.74, 6) is -1.57. The van der Waals surface area contributed by atoms with Gasteiger partial charge in [-0.3, -0.25) is 4.79 Å². The topological polar surface area (TPSA) is 75.6 Å². The molecule has 5 nitrogen and oxygen atoms in total. The highest BCUT2D eigenvalue weighted by Gasteiger charge is 2.30. The van der Waals surface area contributed by atoms with Crippen molar-refractivity contribution in [3.05, 3.63) is 65.2 Å². The largest absolute Gasteiger partial charge is 0.496 e. The van der Waals surface area contributed by atoms with Crippen LogP contribution in [-0.4, -0.2) is 30.1 Å². The number of nitrogens with one attached hydrogen (secondary N) is 1. The lowest BCUT2D eigenvalue weighted by molar-refractivity contribution is -0.139. The molecule has 1 atom stereocenters. The zero-order chi connectivity index (χ0) is 19.3. The average molecular weight is 367 g/mol. The Morgan fingerprint density at radius 1 is 1.12 bits per heavy atom. The van der Waals surface area contributed by atoms with Crippen molar-refractivity contribution in [3.63, 3.8) is 0 Å². The van der Waals surface area contributed by atoms with Crippen LogP contribution < -0.4 is 10.1 Å². The van der Waals surface area contributed by atoms with E-state index in [1.807, 2.05) is 0 Å². The molecule has 0 unspecified atom stereocenters. The third kappa shape index (κ3) is 4.75. The number of alkyl halides is 3. The van der Waals surface area contributed by atoms with Crippen LogP contribution in [0.25, 0.3) is 0 Å². The summed E-state index contributed by atoms with van der Waals surface area (Å²) in [6.07, 6.45) is -4.55. The molecule has 138 valence electrons. The van der Waals surface area contributed by atoms with E-state index in [1.54, 1.807) is 24.3 Å². The van der Waals surface area contributed by atoms with Crippen molar-refractivity contribution in [1.82, 2.24) is 5.32 Å². The minimum Gasteiger partial charge on any atom is -0.496 e. The summed E-state index contributed by atoms with van der Waals surface area (Å²) in [4.78, 5) is 23.6. The molecular weight excluding hydrogens is 351 g/mol. The highest BCUT2D eigenvalue weighted by atomic mass is 19.4. The number of halogens is 3. The molecule has 0 aliphatic heterocycles. The van der Waals surface area contributed by atoms with Crippen LogP contribution in [-0.2, 0) is 17.4 Å². The van der Waals surface area contributed by atoms with Crippen molar-refractivity contribution in [2.75, 3.05) is 7.11 Å². The van der Waals surface area contributed by atoms with Crippen LogP contribution in [0.1, 0.15) is 21.5 Å². The van der Waals surface area contributed by atoms with E-state index in [0.29, 0.717) is 11.3 Å². The Morgan fingerprint density at radius 2 is 1.73 bits per heavy atom. The van der Waals surface area contributed by atoms with Crippen LogP contribution in [0.4, 0.5) is 13.2 Å². The summed E-state index contributed by atoms with van der Waals surface area (Å²) < 4.78 is 42.8. The lowest BCUT2D eigenvalue weighted by Crippen LogP contribution is -2.42. The predicted molar refractivity (Wildman–Crippen MR) is 87.0 cm³/mol. The number of carboxylic acid groups (broad SMARTS) is 1. The fourth-order valence-electron chi connectivity index (χ4n) is 2.34. The van der Waals surface area contributed by atoms with E-state index in [9.17, 15) is 27.9 Å². The Labute approximate surface area is 147 Å². The molecule has 0 aromatic heterocycles. The molecule has 0 aliphatic rings. The predicted octanol–water partition coefficient (Wildman–Crippen LogP) is 3.14. The molecular formula is C18H16F3NO4. The number of aliphatic carboxylic acids is 1. The highest BCUT2D eigenvalue weighted by Crippen LogP contribution is 2.29. The van der Waals surface area contributed by atoms with E-state index in [-0.39, 0.29) is 12.0 Å². The number of benzene rings is 2. The van der Waals surface area contributed by atoms with E-state index >= 15 is 0 Å². The van der Waals surface area contributed by atoms with Gasteiger partial charge in [0.1, 0.15) is 11.8 Å². The molecule has 0 saturated carbocycles. The van der Waals surface area contributed by atoms with Gasteiger partial charge in [-0.25, -0.2) is 4.79 Å². The maximum Gasteiger partial charge on any atom is 0.416 e. The SMILES string of the molecule is COc1ccccc1C[C@H](NC(=O)c1ccc(C(F)(F)F)cc1)C(=O)O. The van der Waals surface area contributed by atoms with E-state index < -0.39 is 29.7 Å². The third-order valence-corrected chi connectivity index (χ3v) is 3.69. The second-order valence-corrected chi connectivity index (χ2v) is 5.46. The number of rotatable bonds is 6. The van der Waals surface area contributed by atoms with E-state index in [4.69, 9.17) is 4.74 Å². The standard InChI is InChI=1S/C18H16F3NO4/c1-26-15-5-3-2-4-12(15)10-14(17(24)25)22-16(23)11-6-8-13(9-7-11)18(19,20)21/h2-9,14H,10H2,1H3,(H,22,23)(H,24,25)/t14-/m0/s1. The number of para-hydroxylation sites is 1. The second kappa shape index (κ2) is 7.90. The molecule has 0 radical (unpaired) electrons. The van der Waals surface area contributed by atoms with Gasteiger partial charge in [-0.2, -0.15) is 13.2 Å². The normalized spacial score (nSPS) is 12.3. The van der Waals surface area contributed by atoms with Gasteiger partial charge in [0, 0.05) is 12.0 Å². The van der Waals surface area contributed by atoms with Gasteiger partial charge in [0.05, 0.1) is 12.7 Å². The van der Waals surface area contributed by atoms with E-state index in [0.717, 1.165) is 24.3 Å². The van der Waals surface area contributed by atoms with Crippen molar-refractivity contribution in [2.45, 2.75) is 18.6 Å². The van der Waals surface area contributed by atoms with Gasteiger partial charge in [0.25, 0.3) is 5.91 Å². The molecule has 2 aromatic carbocycles. The van der Waals surface area contributed by atoms with Crippen LogP contribution in [0.15, 0.2) is 48.5 Å². The maximum atomic E-state index is 12.6. The molecule has 1 amide bonds. The summed E-state index contributed by atoms with van der Waals surface area (Å²) in [7, 11) is 1.44. The van der Waals surface area contributed by atoms with Crippen LogP contribution >= 0.6 is 0 Å². The van der Waals surface area contributed by atoms with Crippen molar-refractivity contribution < 1.29 is 32.6 Å². The number of carbonyl (C=O) groups is 2. The smallest absolute Gasteiger partial charge is 0.416 e. The van der Waals surface area contributed by atoms with Crippen molar-refractivity contribution in [1.29, 1.82) is 0 Å². The van der Waals surface area contributed by atoms with Crippen LogP contribution in [0, 0.1) is 0 Å². The molecule has 0 bridgehead atoms.